The van der Waals surface area contributed by atoms with Crippen molar-refractivity contribution in [2.24, 2.45) is 0 Å². The second kappa shape index (κ2) is 10.2. The molecule has 1 heterocycles. The number of halogens is 2. The summed E-state index contributed by atoms with van der Waals surface area (Å²) in [6, 6.07) is 7.82. The van der Waals surface area contributed by atoms with Crippen molar-refractivity contribution < 1.29 is 9.53 Å². The molecule has 0 fully saturated rings. The summed E-state index contributed by atoms with van der Waals surface area (Å²) >= 11 is 13.5. The summed E-state index contributed by atoms with van der Waals surface area (Å²) in [6.07, 6.45) is 5.56. The molecule has 0 unspecified atom stereocenters. The minimum absolute atomic E-state index is 0.275. The lowest BCUT2D eigenvalue weighted by Gasteiger charge is -2.20. The number of amides is 1. The van der Waals surface area contributed by atoms with E-state index in [1.165, 1.54) is 6.08 Å². The standard InChI is InChI=1S/C27H28Cl2N4O2/c1-6-15-13-22(35-5)26(29)24(25(15)28)16-8-10-19-21(12-16)31-32-27(19)18-11-9-17(33(3)4)14-20(18)30-23(34)7-2/h7,9,11-14H,2,6,8,10H2,1,3-5H3,(H,30,34)(H,31,32). The van der Waals surface area contributed by atoms with E-state index in [-0.39, 0.29) is 5.91 Å². The topological polar surface area (TPSA) is 70.2 Å². The number of carbonyl (C=O) groups excluding carboxylic acids is 1. The Bertz CT molecular complexity index is 1310. The lowest BCUT2D eigenvalue weighted by Crippen LogP contribution is -2.12. The molecule has 0 atom stereocenters. The Kier molecular flexibility index (Phi) is 7.24. The van der Waals surface area contributed by atoms with Crippen molar-refractivity contribution in [1.82, 2.24) is 10.2 Å². The van der Waals surface area contributed by atoms with E-state index in [0.717, 1.165) is 64.2 Å². The van der Waals surface area contributed by atoms with Gasteiger partial charge in [-0.2, -0.15) is 5.10 Å². The van der Waals surface area contributed by atoms with Gasteiger partial charge in [0.25, 0.3) is 0 Å². The van der Waals surface area contributed by atoms with Gasteiger partial charge in [0.2, 0.25) is 5.91 Å². The summed E-state index contributed by atoms with van der Waals surface area (Å²) in [5.41, 5.74) is 8.08. The zero-order chi connectivity index (χ0) is 25.3. The van der Waals surface area contributed by atoms with Gasteiger partial charge in [-0.15, -0.1) is 0 Å². The van der Waals surface area contributed by atoms with Gasteiger partial charge in [-0.05, 0) is 66.8 Å². The number of anilines is 2. The van der Waals surface area contributed by atoms with E-state index in [4.69, 9.17) is 27.9 Å². The molecule has 1 aliphatic carbocycles. The van der Waals surface area contributed by atoms with Crippen LogP contribution in [0, 0.1) is 0 Å². The van der Waals surface area contributed by atoms with E-state index in [2.05, 4.69) is 35.1 Å². The fraction of sp³-hybridized carbons (Fsp3) is 0.259. The van der Waals surface area contributed by atoms with Crippen LogP contribution in [0.4, 0.5) is 11.4 Å². The number of aryl methyl sites for hydroxylation is 1. The van der Waals surface area contributed by atoms with Crippen LogP contribution in [0.1, 0.15) is 35.7 Å². The van der Waals surface area contributed by atoms with Crippen LogP contribution in [0.3, 0.4) is 0 Å². The Balaban J connectivity index is 1.80. The maximum atomic E-state index is 12.1. The highest BCUT2D eigenvalue weighted by atomic mass is 35.5. The molecule has 0 aliphatic heterocycles. The molecular formula is C27H28Cl2N4O2. The number of aromatic nitrogens is 2. The van der Waals surface area contributed by atoms with Crippen molar-refractivity contribution in [2.75, 3.05) is 31.4 Å². The average molecular weight is 511 g/mol. The van der Waals surface area contributed by atoms with Crippen molar-refractivity contribution in [3.05, 3.63) is 69.3 Å². The molecule has 0 saturated heterocycles. The van der Waals surface area contributed by atoms with Crippen molar-refractivity contribution in [3.63, 3.8) is 0 Å². The Morgan fingerprint density at radius 2 is 2.03 bits per heavy atom. The summed E-state index contributed by atoms with van der Waals surface area (Å²) < 4.78 is 5.50. The van der Waals surface area contributed by atoms with Gasteiger partial charge in [-0.3, -0.25) is 9.89 Å². The smallest absolute Gasteiger partial charge is 0.247 e. The molecule has 0 radical (unpaired) electrons. The van der Waals surface area contributed by atoms with Gasteiger partial charge in [0.05, 0.1) is 34.2 Å². The Hall–Kier alpha value is -3.22. The Morgan fingerprint density at radius 1 is 1.26 bits per heavy atom. The maximum absolute atomic E-state index is 12.1. The molecule has 1 aliphatic rings. The highest BCUT2D eigenvalue weighted by Gasteiger charge is 2.25. The zero-order valence-electron chi connectivity index (χ0n) is 20.3. The number of carbonyl (C=O) groups is 1. The summed E-state index contributed by atoms with van der Waals surface area (Å²) in [4.78, 5) is 14.1. The van der Waals surface area contributed by atoms with Crippen molar-refractivity contribution in [1.29, 1.82) is 0 Å². The van der Waals surface area contributed by atoms with Crippen LogP contribution >= 0.6 is 23.2 Å². The predicted octanol–water partition coefficient (Wildman–Crippen LogP) is 6.63. The van der Waals surface area contributed by atoms with Crippen LogP contribution in [0.5, 0.6) is 5.75 Å². The molecule has 1 aromatic heterocycles. The Labute approximate surface area is 215 Å². The van der Waals surface area contributed by atoms with E-state index in [1.807, 2.05) is 43.3 Å². The number of methoxy groups -OCH3 is 1. The normalized spacial score (nSPS) is 12.6. The molecular weight excluding hydrogens is 483 g/mol. The van der Waals surface area contributed by atoms with E-state index in [0.29, 0.717) is 21.5 Å². The number of aromatic amines is 1. The first-order valence-electron chi connectivity index (χ1n) is 11.4. The molecule has 0 spiro atoms. The number of allylic oxidation sites excluding steroid dienone is 1. The van der Waals surface area contributed by atoms with Crippen LogP contribution in [-0.2, 0) is 17.6 Å². The molecule has 6 nitrogen and oxygen atoms in total. The number of ether oxygens (including phenoxy) is 1. The molecule has 182 valence electrons. The third kappa shape index (κ3) is 4.68. The first kappa shape index (κ1) is 24.9. The quantitative estimate of drug-likeness (QED) is 0.349. The summed E-state index contributed by atoms with van der Waals surface area (Å²) in [5, 5.41) is 11.9. The second-order valence-corrected chi connectivity index (χ2v) is 9.30. The van der Waals surface area contributed by atoms with Gasteiger partial charge in [0.15, 0.2) is 0 Å². The van der Waals surface area contributed by atoms with E-state index in [1.54, 1.807) is 7.11 Å². The number of hydrogen-bond donors (Lipinski definition) is 2. The van der Waals surface area contributed by atoms with Gasteiger partial charge in [0, 0.05) is 36.5 Å². The molecule has 0 saturated carbocycles. The molecule has 8 heteroatoms. The first-order valence-corrected chi connectivity index (χ1v) is 12.1. The van der Waals surface area contributed by atoms with Crippen LogP contribution in [0.25, 0.3) is 22.9 Å². The number of hydrogen-bond acceptors (Lipinski definition) is 4. The van der Waals surface area contributed by atoms with E-state index < -0.39 is 0 Å². The van der Waals surface area contributed by atoms with Crippen LogP contribution < -0.4 is 15.0 Å². The second-order valence-electron chi connectivity index (χ2n) is 8.55. The number of rotatable bonds is 7. The number of fused-ring (bicyclic) bond motifs is 1. The number of nitrogens with one attached hydrogen (secondary N) is 2. The summed E-state index contributed by atoms with van der Waals surface area (Å²) in [7, 11) is 5.52. The first-order chi connectivity index (χ1) is 16.8. The van der Waals surface area contributed by atoms with Crippen molar-refractivity contribution in [3.8, 4) is 17.0 Å². The van der Waals surface area contributed by atoms with Gasteiger partial charge < -0.3 is 15.0 Å². The molecule has 2 aromatic carbocycles. The fourth-order valence-corrected chi connectivity index (χ4v) is 5.13. The number of nitrogens with zero attached hydrogens (tertiary/aromatic N) is 2. The van der Waals surface area contributed by atoms with E-state index >= 15 is 0 Å². The zero-order valence-corrected chi connectivity index (χ0v) is 21.8. The van der Waals surface area contributed by atoms with Crippen molar-refractivity contribution in [2.45, 2.75) is 26.2 Å². The monoisotopic (exact) mass is 510 g/mol. The lowest BCUT2D eigenvalue weighted by atomic mass is 9.88. The van der Waals surface area contributed by atoms with Crippen LogP contribution in [0.15, 0.2) is 36.9 Å². The SMILES string of the molecule is C=CC(=O)Nc1cc(N(C)C)ccc1-c1n[nH]c2c1CCC(c1c(Cl)c(CC)cc(OC)c1Cl)=C2. The third-order valence-corrected chi connectivity index (χ3v) is 7.05. The minimum Gasteiger partial charge on any atom is -0.495 e. The molecule has 1 amide bonds. The number of benzene rings is 2. The Morgan fingerprint density at radius 3 is 2.69 bits per heavy atom. The minimum atomic E-state index is -0.275. The average Bonchev–Trinajstić information content (AvgIpc) is 3.27. The molecule has 3 aromatic rings. The van der Waals surface area contributed by atoms with Gasteiger partial charge in [-0.1, -0.05) is 36.7 Å². The van der Waals surface area contributed by atoms with Crippen LogP contribution in [0.2, 0.25) is 10.0 Å². The van der Waals surface area contributed by atoms with Gasteiger partial charge in [-0.25, -0.2) is 0 Å². The third-order valence-electron chi connectivity index (χ3n) is 6.24. The lowest BCUT2D eigenvalue weighted by molar-refractivity contribution is -0.111. The molecule has 35 heavy (non-hydrogen) atoms. The van der Waals surface area contributed by atoms with Gasteiger partial charge in [0.1, 0.15) is 5.75 Å². The largest absolute Gasteiger partial charge is 0.495 e. The summed E-state index contributed by atoms with van der Waals surface area (Å²) in [5.74, 6) is 0.339. The molecule has 0 bridgehead atoms. The van der Waals surface area contributed by atoms with Crippen molar-refractivity contribution >= 4 is 52.1 Å². The number of H-pyrrole nitrogens is 1. The molecule has 4 rings (SSSR count). The fourth-order valence-electron chi connectivity index (χ4n) is 4.33. The molecule has 2 N–H and O–H groups in total. The summed E-state index contributed by atoms with van der Waals surface area (Å²) in [6.45, 7) is 5.62. The highest BCUT2D eigenvalue weighted by Crippen LogP contribution is 2.45. The van der Waals surface area contributed by atoms with Crippen LogP contribution in [-0.4, -0.2) is 37.3 Å². The van der Waals surface area contributed by atoms with E-state index in [9.17, 15) is 4.79 Å². The highest BCUT2D eigenvalue weighted by molar-refractivity contribution is 6.39. The predicted molar refractivity (Wildman–Crippen MR) is 146 cm³/mol. The van der Waals surface area contributed by atoms with Gasteiger partial charge >= 0.3 is 0 Å². The maximum Gasteiger partial charge on any atom is 0.247 e.